The van der Waals surface area contributed by atoms with Crippen molar-refractivity contribution < 1.29 is 4.74 Å². The number of rotatable bonds is 4. The largest absolute Gasteiger partial charge is 0.492 e. The summed E-state index contributed by atoms with van der Waals surface area (Å²) in [6.45, 7) is 7.48. The van der Waals surface area contributed by atoms with Gasteiger partial charge >= 0.3 is 0 Å². The molecule has 0 amide bonds. The molecule has 110 valence electrons. The number of benzene rings is 2. The molecule has 0 spiro atoms. The Kier molecular flexibility index (Phi) is 3.99. The standard InChI is InChI=1S/C19H22OS/c1-19(2,3)15-9-11-16(12-10-15)20-13-17-18(21-17)14-7-5-4-6-8-14/h4-12,17-18H,13H2,1-3H3. The zero-order valence-corrected chi connectivity index (χ0v) is 13.7. The lowest BCUT2D eigenvalue weighted by atomic mass is 9.87. The Morgan fingerprint density at radius 1 is 0.952 bits per heavy atom. The van der Waals surface area contributed by atoms with Crippen molar-refractivity contribution in [2.24, 2.45) is 0 Å². The van der Waals surface area contributed by atoms with Crippen LogP contribution in [-0.4, -0.2) is 11.9 Å². The fraction of sp³-hybridized carbons (Fsp3) is 0.368. The zero-order chi connectivity index (χ0) is 14.9. The molecule has 1 aliphatic rings. The second kappa shape index (κ2) is 5.76. The highest BCUT2D eigenvalue weighted by atomic mass is 32.2. The van der Waals surface area contributed by atoms with Crippen molar-refractivity contribution in [3.05, 3.63) is 65.7 Å². The first kappa shape index (κ1) is 14.5. The summed E-state index contributed by atoms with van der Waals surface area (Å²) in [5, 5.41) is 1.20. The summed E-state index contributed by atoms with van der Waals surface area (Å²) >= 11 is 1.99. The summed E-state index contributed by atoms with van der Waals surface area (Å²) in [6, 6.07) is 19.2. The molecule has 2 unspecified atom stereocenters. The normalized spacial score (nSPS) is 21.1. The highest BCUT2D eigenvalue weighted by molar-refractivity contribution is 8.07. The van der Waals surface area contributed by atoms with Gasteiger partial charge in [0.05, 0.1) is 5.25 Å². The third-order valence-corrected chi connectivity index (χ3v) is 5.18. The molecule has 1 fully saturated rings. The summed E-state index contributed by atoms with van der Waals surface area (Å²) in [7, 11) is 0. The summed E-state index contributed by atoms with van der Waals surface area (Å²) in [6.07, 6.45) is 0. The third-order valence-electron chi connectivity index (χ3n) is 3.85. The molecule has 1 saturated heterocycles. The molecule has 0 aromatic heterocycles. The number of thioether (sulfide) groups is 1. The predicted octanol–water partition coefficient (Wildman–Crippen LogP) is 5.22. The van der Waals surface area contributed by atoms with Crippen LogP contribution in [0.1, 0.15) is 37.1 Å². The smallest absolute Gasteiger partial charge is 0.119 e. The summed E-state index contributed by atoms with van der Waals surface area (Å²) in [5.74, 6) is 0.974. The molecule has 2 atom stereocenters. The first-order valence-electron chi connectivity index (χ1n) is 7.48. The van der Waals surface area contributed by atoms with E-state index in [4.69, 9.17) is 4.74 Å². The van der Waals surface area contributed by atoms with Gasteiger partial charge in [0.2, 0.25) is 0 Å². The average molecular weight is 298 g/mol. The van der Waals surface area contributed by atoms with E-state index in [1.165, 1.54) is 11.1 Å². The molecule has 2 aromatic rings. The molecule has 0 aliphatic carbocycles. The lowest BCUT2D eigenvalue weighted by Gasteiger charge is -2.19. The zero-order valence-electron chi connectivity index (χ0n) is 12.9. The topological polar surface area (TPSA) is 9.23 Å². The van der Waals surface area contributed by atoms with Crippen molar-refractivity contribution in [3.63, 3.8) is 0 Å². The minimum atomic E-state index is 0.198. The highest BCUT2D eigenvalue weighted by Gasteiger charge is 2.39. The molecule has 2 heteroatoms. The Hall–Kier alpha value is -1.41. The highest BCUT2D eigenvalue weighted by Crippen LogP contribution is 2.54. The van der Waals surface area contributed by atoms with Crippen LogP contribution in [0.2, 0.25) is 0 Å². The van der Waals surface area contributed by atoms with Crippen molar-refractivity contribution in [1.82, 2.24) is 0 Å². The summed E-state index contributed by atoms with van der Waals surface area (Å²) in [5.41, 5.74) is 2.96. The average Bonchev–Trinajstić information content (AvgIpc) is 3.25. The molecule has 1 nitrogen and oxygen atoms in total. The van der Waals surface area contributed by atoms with E-state index in [0.29, 0.717) is 10.5 Å². The molecule has 1 aliphatic heterocycles. The van der Waals surface area contributed by atoms with Gasteiger partial charge < -0.3 is 4.74 Å². The lowest BCUT2D eigenvalue weighted by molar-refractivity contribution is 0.324. The third kappa shape index (κ3) is 3.62. The Bertz CT molecular complexity index is 583. The fourth-order valence-corrected chi connectivity index (χ4v) is 3.42. The SMILES string of the molecule is CC(C)(C)c1ccc(OCC2SC2c2ccccc2)cc1. The summed E-state index contributed by atoms with van der Waals surface area (Å²) in [4.78, 5) is 0. The van der Waals surface area contributed by atoms with Gasteiger partial charge in [0.25, 0.3) is 0 Å². The van der Waals surface area contributed by atoms with Crippen LogP contribution in [0, 0.1) is 0 Å². The van der Waals surface area contributed by atoms with Crippen molar-refractivity contribution in [3.8, 4) is 5.75 Å². The first-order valence-corrected chi connectivity index (χ1v) is 8.42. The van der Waals surface area contributed by atoms with Crippen LogP contribution in [0.3, 0.4) is 0 Å². The Morgan fingerprint density at radius 3 is 2.24 bits per heavy atom. The van der Waals surface area contributed by atoms with Gasteiger partial charge in [-0.2, -0.15) is 0 Å². The fourth-order valence-electron chi connectivity index (χ4n) is 2.44. The second-order valence-corrected chi connectivity index (χ2v) is 7.98. The quantitative estimate of drug-likeness (QED) is 0.716. The molecule has 2 aromatic carbocycles. The van der Waals surface area contributed by atoms with Crippen LogP contribution in [0.15, 0.2) is 54.6 Å². The maximum atomic E-state index is 5.93. The molecule has 1 heterocycles. The van der Waals surface area contributed by atoms with Crippen LogP contribution >= 0.6 is 11.8 Å². The minimum Gasteiger partial charge on any atom is -0.492 e. The monoisotopic (exact) mass is 298 g/mol. The van der Waals surface area contributed by atoms with Crippen molar-refractivity contribution >= 4 is 11.8 Å². The van der Waals surface area contributed by atoms with E-state index in [1.54, 1.807) is 0 Å². The van der Waals surface area contributed by atoms with Crippen LogP contribution in [-0.2, 0) is 5.41 Å². The maximum absolute atomic E-state index is 5.93. The molecule has 0 bridgehead atoms. The van der Waals surface area contributed by atoms with Crippen molar-refractivity contribution in [1.29, 1.82) is 0 Å². The van der Waals surface area contributed by atoms with Gasteiger partial charge in [-0.3, -0.25) is 0 Å². The second-order valence-electron chi connectivity index (χ2n) is 6.59. The maximum Gasteiger partial charge on any atom is 0.119 e. The predicted molar refractivity (Wildman–Crippen MR) is 91.2 cm³/mol. The lowest BCUT2D eigenvalue weighted by Crippen LogP contribution is -2.11. The molecule has 21 heavy (non-hydrogen) atoms. The van der Waals surface area contributed by atoms with E-state index >= 15 is 0 Å². The van der Waals surface area contributed by atoms with Gasteiger partial charge in [0.15, 0.2) is 0 Å². The van der Waals surface area contributed by atoms with Gasteiger partial charge in [-0.25, -0.2) is 0 Å². The molecule has 0 N–H and O–H groups in total. The summed E-state index contributed by atoms with van der Waals surface area (Å²) < 4.78 is 5.93. The van der Waals surface area contributed by atoms with Crippen molar-refractivity contribution in [2.45, 2.75) is 36.7 Å². The molecular weight excluding hydrogens is 276 g/mol. The molecule has 3 rings (SSSR count). The van der Waals surface area contributed by atoms with E-state index in [2.05, 4.69) is 75.4 Å². The van der Waals surface area contributed by atoms with E-state index in [9.17, 15) is 0 Å². The Morgan fingerprint density at radius 2 is 1.62 bits per heavy atom. The Balaban J connectivity index is 1.53. The van der Waals surface area contributed by atoms with Crippen LogP contribution < -0.4 is 4.74 Å². The molecule has 0 radical (unpaired) electrons. The van der Waals surface area contributed by atoms with E-state index < -0.39 is 0 Å². The minimum absolute atomic E-state index is 0.198. The van der Waals surface area contributed by atoms with Gasteiger partial charge in [-0.15, -0.1) is 11.8 Å². The Labute approximate surface area is 131 Å². The first-order chi connectivity index (χ1) is 10.0. The van der Waals surface area contributed by atoms with E-state index in [0.717, 1.165) is 12.4 Å². The van der Waals surface area contributed by atoms with Crippen molar-refractivity contribution in [2.75, 3.05) is 6.61 Å². The number of hydrogen-bond acceptors (Lipinski definition) is 2. The molecular formula is C19H22OS. The van der Waals surface area contributed by atoms with Crippen LogP contribution in [0.4, 0.5) is 0 Å². The van der Waals surface area contributed by atoms with Gasteiger partial charge in [-0.05, 0) is 28.7 Å². The van der Waals surface area contributed by atoms with Gasteiger partial charge in [-0.1, -0.05) is 63.2 Å². The van der Waals surface area contributed by atoms with E-state index in [-0.39, 0.29) is 5.41 Å². The van der Waals surface area contributed by atoms with Gasteiger partial charge in [0.1, 0.15) is 12.4 Å². The van der Waals surface area contributed by atoms with Crippen LogP contribution in [0.5, 0.6) is 5.75 Å². The number of ether oxygens (including phenoxy) is 1. The molecule has 0 saturated carbocycles. The van der Waals surface area contributed by atoms with E-state index in [1.807, 2.05) is 11.8 Å². The van der Waals surface area contributed by atoms with Crippen LogP contribution in [0.25, 0.3) is 0 Å². The van der Waals surface area contributed by atoms with Gasteiger partial charge in [0, 0.05) is 5.25 Å². The number of hydrogen-bond donors (Lipinski definition) is 0.